The molecule has 0 aliphatic heterocycles. The smallest absolute Gasteiger partial charge is 0.128 e. The standard InChI is InChI=1S/C14H19FO2/c1-2-7-16-10-12-8-13(5-6-14(12)15)17-9-11-3-4-11/h5-6,8,11H,2-4,7,9-10H2,1H3. The molecule has 2 nitrogen and oxygen atoms in total. The Bertz CT molecular complexity index is 361. The number of hydrogen-bond donors (Lipinski definition) is 0. The fourth-order valence-corrected chi connectivity index (χ4v) is 1.58. The summed E-state index contributed by atoms with van der Waals surface area (Å²) in [4.78, 5) is 0. The molecule has 1 aromatic carbocycles. The lowest BCUT2D eigenvalue weighted by Crippen LogP contribution is -2.01. The summed E-state index contributed by atoms with van der Waals surface area (Å²) in [6, 6.07) is 4.88. The molecule has 1 saturated carbocycles. The van der Waals surface area contributed by atoms with Gasteiger partial charge in [-0.15, -0.1) is 0 Å². The van der Waals surface area contributed by atoms with Gasteiger partial charge in [-0.3, -0.25) is 0 Å². The van der Waals surface area contributed by atoms with Crippen LogP contribution in [-0.4, -0.2) is 13.2 Å². The van der Waals surface area contributed by atoms with Crippen LogP contribution in [0, 0.1) is 11.7 Å². The highest BCUT2D eigenvalue weighted by Crippen LogP contribution is 2.29. The zero-order valence-electron chi connectivity index (χ0n) is 10.2. The molecule has 1 aliphatic rings. The van der Waals surface area contributed by atoms with Gasteiger partial charge in [0.05, 0.1) is 13.2 Å². The summed E-state index contributed by atoms with van der Waals surface area (Å²) < 4.78 is 24.4. The van der Waals surface area contributed by atoms with Crippen LogP contribution in [-0.2, 0) is 11.3 Å². The highest BCUT2D eigenvalue weighted by molar-refractivity contribution is 5.29. The molecule has 0 unspecified atom stereocenters. The molecule has 0 radical (unpaired) electrons. The van der Waals surface area contributed by atoms with Crippen molar-refractivity contribution >= 4 is 0 Å². The molecule has 1 aliphatic carbocycles. The Kier molecular flexibility index (Phi) is 4.37. The molecule has 0 atom stereocenters. The van der Waals surface area contributed by atoms with E-state index in [1.807, 2.05) is 6.92 Å². The third-order valence-corrected chi connectivity index (χ3v) is 2.81. The molecule has 0 bridgehead atoms. The Morgan fingerprint density at radius 3 is 2.88 bits per heavy atom. The maximum absolute atomic E-state index is 13.5. The van der Waals surface area contributed by atoms with Crippen molar-refractivity contribution in [2.75, 3.05) is 13.2 Å². The van der Waals surface area contributed by atoms with E-state index in [-0.39, 0.29) is 5.82 Å². The van der Waals surface area contributed by atoms with E-state index in [9.17, 15) is 4.39 Å². The van der Waals surface area contributed by atoms with Gasteiger partial charge >= 0.3 is 0 Å². The van der Waals surface area contributed by atoms with Crippen LogP contribution in [0.15, 0.2) is 18.2 Å². The highest BCUT2D eigenvalue weighted by atomic mass is 19.1. The van der Waals surface area contributed by atoms with Crippen molar-refractivity contribution in [3.05, 3.63) is 29.6 Å². The minimum atomic E-state index is -0.222. The minimum absolute atomic E-state index is 0.222. The molecular formula is C14H19FO2. The van der Waals surface area contributed by atoms with Crippen LogP contribution in [0.4, 0.5) is 4.39 Å². The quantitative estimate of drug-likeness (QED) is 0.676. The summed E-state index contributed by atoms with van der Waals surface area (Å²) in [5.41, 5.74) is 0.576. The predicted octanol–water partition coefficient (Wildman–Crippen LogP) is 3.54. The second-order valence-corrected chi connectivity index (χ2v) is 4.56. The van der Waals surface area contributed by atoms with E-state index in [1.54, 1.807) is 12.1 Å². The van der Waals surface area contributed by atoms with Gasteiger partial charge in [0.2, 0.25) is 0 Å². The van der Waals surface area contributed by atoms with Crippen molar-refractivity contribution in [3.8, 4) is 5.75 Å². The van der Waals surface area contributed by atoms with E-state index >= 15 is 0 Å². The summed E-state index contributed by atoms with van der Waals surface area (Å²) in [6.45, 7) is 3.76. The average Bonchev–Trinajstić information content (AvgIpc) is 3.14. The SMILES string of the molecule is CCCOCc1cc(OCC2CC2)ccc1F. The lowest BCUT2D eigenvalue weighted by Gasteiger charge is -2.09. The monoisotopic (exact) mass is 238 g/mol. The van der Waals surface area contributed by atoms with Gasteiger partial charge in [0.1, 0.15) is 11.6 Å². The van der Waals surface area contributed by atoms with Gasteiger partial charge in [-0.25, -0.2) is 4.39 Å². The van der Waals surface area contributed by atoms with E-state index in [2.05, 4.69) is 0 Å². The third kappa shape index (κ3) is 4.00. The summed E-state index contributed by atoms with van der Waals surface area (Å²) in [6.07, 6.45) is 3.46. The van der Waals surface area contributed by atoms with Crippen molar-refractivity contribution in [1.82, 2.24) is 0 Å². The fraction of sp³-hybridized carbons (Fsp3) is 0.571. The topological polar surface area (TPSA) is 18.5 Å². The maximum atomic E-state index is 13.5. The van der Waals surface area contributed by atoms with Gasteiger partial charge in [-0.05, 0) is 43.4 Å². The Balaban J connectivity index is 1.90. The van der Waals surface area contributed by atoms with Gasteiger partial charge < -0.3 is 9.47 Å². The number of halogens is 1. The van der Waals surface area contributed by atoms with Crippen LogP contribution >= 0.6 is 0 Å². The lowest BCUT2D eigenvalue weighted by molar-refractivity contribution is 0.119. The summed E-state index contributed by atoms with van der Waals surface area (Å²) in [5, 5.41) is 0. The molecule has 94 valence electrons. The van der Waals surface area contributed by atoms with Crippen LogP contribution in [0.5, 0.6) is 5.75 Å². The third-order valence-electron chi connectivity index (χ3n) is 2.81. The maximum Gasteiger partial charge on any atom is 0.128 e. The van der Waals surface area contributed by atoms with Gasteiger partial charge in [-0.2, -0.15) is 0 Å². The van der Waals surface area contributed by atoms with E-state index in [0.29, 0.717) is 24.7 Å². The first-order valence-electron chi connectivity index (χ1n) is 6.28. The molecule has 0 saturated heterocycles. The van der Waals surface area contributed by atoms with Crippen molar-refractivity contribution in [2.24, 2.45) is 5.92 Å². The molecule has 0 spiro atoms. The second kappa shape index (κ2) is 6.01. The zero-order chi connectivity index (χ0) is 12.1. The van der Waals surface area contributed by atoms with Crippen LogP contribution in [0.1, 0.15) is 31.7 Å². The first-order valence-corrected chi connectivity index (χ1v) is 6.28. The summed E-state index contributed by atoms with van der Waals surface area (Å²) >= 11 is 0. The Hall–Kier alpha value is -1.09. The van der Waals surface area contributed by atoms with Crippen molar-refractivity contribution in [1.29, 1.82) is 0 Å². The first kappa shape index (κ1) is 12.4. The van der Waals surface area contributed by atoms with E-state index in [1.165, 1.54) is 18.9 Å². The summed E-state index contributed by atoms with van der Waals surface area (Å²) in [7, 11) is 0. The van der Waals surface area contributed by atoms with Gasteiger partial charge in [0.25, 0.3) is 0 Å². The second-order valence-electron chi connectivity index (χ2n) is 4.56. The van der Waals surface area contributed by atoms with Crippen LogP contribution < -0.4 is 4.74 Å². The van der Waals surface area contributed by atoms with E-state index < -0.39 is 0 Å². The lowest BCUT2D eigenvalue weighted by atomic mass is 10.2. The minimum Gasteiger partial charge on any atom is -0.493 e. The Labute approximate surface area is 102 Å². The van der Waals surface area contributed by atoms with Crippen molar-refractivity contribution in [2.45, 2.75) is 32.8 Å². The molecule has 0 N–H and O–H groups in total. The van der Waals surface area contributed by atoms with Crippen molar-refractivity contribution in [3.63, 3.8) is 0 Å². The Morgan fingerprint density at radius 1 is 1.35 bits per heavy atom. The fourth-order valence-electron chi connectivity index (χ4n) is 1.58. The summed E-state index contributed by atoms with van der Waals surface area (Å²) in [5.74, 6) is 1.23. The number of ether oxygens (including phenoxy) is 2. The molecule has 1 aromatic rings. The highest BCUT2D eigenvalue weighted by Gasteiger charge is 2.21. The van der Waals surface area contributed by atoms with Crippen LogP contribution in [0.2, 0.25) is 0 Å². The molecular weight excluding hydrogens is 219 g/mol. The zero-order valence-corrected chi connectivity index (χ0v) is 10.2. The van der Waals surface area contributed by atoms with E-state index in [4.69, 9.17) is 9.47 Å². The largest absolute Gasteiger partial charge is 0.493 e. The molecule has 1 fully saturated rings. The Morgan fingerprint density at radius 2 is 2.18 bits per heavy atom. The predicted molar refractivity (Wildman–Crippen MR) is 64.6 cm³/mol. The first-order chi connectivity index (χ1) is 8.29. The molecule has 2 rings (SSSR count). The molecule has 17 heavy (non-hydrogen) atoms. The number of hydrogen-bond acceptors (Lipinski definition) is 2. The van der Waals surface area contributed by atoms with E-state index in [0.717, 1.165) is 18.8 Å². The molecule has 0 amide bonds. The molecule has 0 heterocycles. The molecule has 0 aromatic heterocycles. The normalized spacial score (nSPS) is 14.9. The number of rotatable bonds is 7. The van der Waals surface area contributed by atoms with Gasteiger partial charge in [0.15, 0.2) is 0 Å². The van der Waals surface area contributed by atoms with Crippen LogP contribution in [0.3, 0.4) is 0 Å². The van der Waals surface area contributed by atoms with Gasteiger partial charge in [-0.1, -0.05) is 6.92 Å². The average molecular weight is 238 g/mol. The van der Waals surface area contributed by atoms with Gasteiger partial charge in [0, 0.05) is 12.2 Å². The number of benzene rings is 1. The molecule has 3 heteroatoms. The van der Waals surface area contributed by atoms with Crippen LogP contribution in [0.25, 0.3) is 0 Å². The van der Waals surface area contributed by atoms with Crippen molar-refractivity contribution < 1.29 is 13.9 Å².